The van der Waals surface area contributed by atoms with Crippen molar-refractivity contribution < 1.29 is 14.3 Å². The second-order valence-electron chi connectivity index (χ2n) is 8.86. The molecule has 0 saturated carbocycles. The van der Waals surface area contributed by atoms with Gasteiger partial charge in [0.15, 0.2) is 11.6 Å². The van der Waals surface area contributed by atoms with Gasteiger partial charge in [0.2, 0.25) is 11.8 Å². The first-order valence-electron chi connectivity index (χ1n) is 11.7. The van der Waals surface area contributed by atoms with Crippen LogP contribution in [0.1, 0.15) is 19.3 Å². The molecular weight excluding hydrogens is 420 g/mol. The molecular formula is C24H30N6O3. The largest absolute Gasteiger partial charge is 0.497 e. The number of methoxy groups -OCH3 is 1. The van der Waals surface area contributed by atoms with Crippen LogP contribution >= 0.6 is 0 Å². The molecule has 0 aliphatic carbocycles. The van der Waals surface area contributed by atoms with E-state index in [1.807, 2.05) is 41.3 Å². The summed E-state index contributed by atoms with van der Waals surface area (Å²) in [5, 5.41) is 8.84. The molecule has 9 heteroatoms. The highest BCUT2D eigenvalue weighted by molar-refractivity contribution is 6.00. The summed E-state index contributed by atoms with van der Waals surface area (Å²) in [6.07, 6.45) is 2.67. The summed E-state index contributed by atoms with van der Waals surface area (Å²) in [6, 6.07) is 11.5. The molecule has 3 aliphatic rings. The minimum atomic E-state index is -0.310. The second kappa shape index (κ2) is 9.25. The van der Waals surface area contributed by atoms with E-state index in [2.05, 4.69) is 20.0 Å². The first-order valence-corrected chi connectivity index (χ1v) is 11.7. The van der Waals surface area contributed by atoms with Crippen molar-refractivity contribution in [3.05, 3.63) is 36.4 Å². The maximum Gasteiger partial charge on any atom is 0.228 e. The highest BCUT2D eigenvalue weighted by atomic mass is 16.5. The average molecular weight is 451 g/mol. The smallest absolute Gasteiger partial charge is 0.228 e. The molecule has 0 spiro atoms. The lowest BCUT2D eigenvalue weighted by molar-refractivity contribution is -0.136. The molecule has 33 heavy (non-hydrogen) atoms. The van der Waals surface area contributed by atoms with Crippen molar-refractivity contribution in [1.82, 2.24) is 15.1 Å². The van der Waals surface area contributed by atoms with Crippen LogP contribution < -0.4 is 19.4 Å². The van der Waals surface area contributed by atoms with Crippen LogP contribution in [0.25, 0.3) is 0 Å². The predicted molar refractivity (Wildman–Crippen MR) is 126 cm³/mol. The van der Waals surface area contributed by atoms with E-state index in [4.69, 9.17) is 4.74 Å². The van der Waals surface area contributed by atoms with E-state index in [0.29, 0.717) is 38.5 Å². The number of amides is 2. The van der Waals surface area contributed by atoms with Gasteiger partial charge in [0, 0.05) is 64.0 Å². The number of anilines is 3. The van der Waals surface area contributed by atoms with E-state index in [1.54, 1.807) is 12.0 Å². The van der Waals surface area contributed by atoms with Gasteiger partial charge in [-0.3, -0.25) is 9.59 Å². The third-order valence-electron chi connectivity index (χ3n) is 6.82. The molecule has 0 N–H and O–H groups in total. The Morgan fingerprint density at radius 3 is 2.24 bits per heavy atom. The molecule has 2 aromatic rings. The summed E-state index contributed by atoms with van der Waals surface area (Å²) in [7, 11) is 1.60. The quantitative estimate of drug-likeness (QED) is 0.687. The van der Waals surface area contributed by atoms with Gasteiger partial charge in [0.05, 0.1) is 13.0 Å². The van der Waals surface area contributed by atoms with Gasteiger partial charge >= 0.3 is 0 Å². The first-order chi connectivity index (χ1) is 16.1. The highest BCUT2D eigenvalue weighted by Crippen LogP contribution is 2.29. The standard InChI is InChI=1S/C24H30N6O3/c1-33-20-6-4-5-19(16-20)30-17-18(15-23(30)31)24(32)29-13-11-28(12-14-29)22-8-7-21(25-26-22)27-9-2-3-10-27/h4-8,16,18H,2-3,9-15,17H2,1H3. The lowest BCUT2D eigenvalue weighted by Crippen LogP contribution is -2.51. The van der Waals surface area contributed by atoms with Crippen molar-refractivity contribution in [2.75, 3.05) is 67.6 Å². The zero-order valence-corrected chi connectivity index (χ0v) is 19.0. The number of ether oxygens (including phenoxy) is 1. The molecule has 3 fully saturated rings. The number of rotatable bonds is 5. The van der Waals surface area contributed by atoms with E-state index in [0.717, 1.165) is 30.4 Å². The Labute approximate surface area is 193 Å². The molecule has 1 aromatic heterocycles. The molecule has 1 atom stereocenters. The maximum atomic E-state index is 13.2. The Morgan fingerprint density at radius 1 is 0.939 bits per heavy atom. The maximum absolute atomic E-state index is 13.2. The molecule has 1 unspecified atom stereocenters. The SMILES string of the molecule is COc1cccc(N2CC(C(=O)N3CCN(c4ccc(N5CCCC5)nn4)CC3)CC2=O)c1. The summed E-state index contributed by atoms with van der Waals surface area (Å²) in [5.74, 6) is 2.22. The number of nitrogens with zero attached hydrogens (tertiary/aromatic N) is 6. The summed E-state index contributed by atoms with van der Waals surface area (Å²) >= 11 is 0. The van der Waals surface area contributed by atoms with Gasteiger partial charge in [-0.2, -0.15) is 0 Å². The van der Waals surface area contributed by atoms with Gasteiger partial charge in [0.1, 0.15) is 5.75 Å². The van der Waals surface area contributed by atoms with Crippen molar-refractivity contribution in [1.29, 1.82) is 0 Å². The van der Waals surface area contributed by atoms with Gasteiger partial charge in [-0.1, -0.05) is 6.07 Å². The minimum absolute atomic E-state index is 0.0198. The summed E-state index contributed by atoms with van der Waals surface area (Å²) in [4.78, 5) is 33.8. The fraction of sp³-hybridized carbons (Fsp3) is 0.500. The second-order valence-corrected chi connectivity index (χ2v) is 8.86. The van der Waals surface area contributed by atoms with E-state index in [1.165, 1.54) is 12.8 Å². The van der Waals surface area contributed by atoms with Gasteiger partial charge in [-0.05, 0) is 37.1 Å². The van der Waals surface area contributed by atoms with Crippen molar-refractivity contribution in [2.45, 2.75) is 19.3 Å². The van der Waals surface area contributed by atoms with E-state index < -0.39 is 0 Å². The van der Waals surface area contributed by atoms with Crippen molar-refractivity contribution in [3.8, 4) is 5.75 Å². The molecule has 1 aromatic carbocycles. The van der Waals surface area contributed by atoms with Crippen LogP contribution in [0.4, 0.5) is 17.3 Å². The first kappa shape index (κ1) is 21.5. The number of aromatic nitrogens is 2. The zero-order valence-electron chi connectivity index (χ0n) is 19.0. The number of hydrogen-bond acceptors (Lipinski definition) is 7. The molecule has 3 aliphatic heterocycles. The Kier molecular flexibility index (Phi) is 6.02. The fourth-order valence-corrected chi connectivity index (χ4v) is 4.92. The highest BCUT2D eigenvalue weighted by Gasteiger charge is 2.38. The Hall–Kier alpha value is -3.36. The number of benzene rings is 1. The third-order valence-corrected chi connectivity index (χ3v) is 6.82. The van der Waals surface area contributed by atoms with E-state index in [9.17, 15) is 9.59 Å². The predicted octanol–water partition coefficient (Wildman–Crippen LogP) is 1.79. The van der Waals surface area contributed by atoms with Gasteiger partial charge in [-0.25, -0.2) is 0 Å². The van der Waals surface area contributed by atoms with Crippen molar-refractivity contribution in [3.63, 3.8) is 0 Å². The number of carbonyl (C=O) groups excluding carboxylic acids is 2. The lowest BCUT2D eigenvalue weighted by atomic mass is 10.1. The van der Waals surface area contributed by atoms with Crippen LogP contribution in [0.3, 0.4) is 0 Å². The zero-order chi connectivity index (χ0) is 22.8. The third kappa shape index (κ3) is 4.44. The number of hydrogen-bond donors (Lipinski definition) is 0. The van der Waals surface area contributed by atoms with Gasteiger partial charge in [0.25, 0.3) is 0 Å². The van der Waals surface area contributed by atoms with Gasteiger partial charge in [-0.15, -0.1) is 10.2 Å². The molecule has 3 saturated heterocycles. The van der Waals surface area contributed by atoms with Crippen LogP contribution in [0.5, 0.6) is 5.75 Å². The van der Waals surface area contributed by atoms with E-state index in [-0.39, 0.29) is 24.2 Å². The number of piperazine rings is 1. The average Bonchev–Trinajstić information content (AvgIpc) is 3.54. The normalized spacial score (nSPS) is 21.1. The Balaban J connectivity index is 1.16. The van der Waals surface area contributed by atoms with Crippen LogP contribution in [-0.4, -0.2) is 79.8 Å². The summed E-state index contributed by atoms with van der Waals surface area (Å²) in [5.41, 5.74) is 0.774. The lowest BCUT2D eigenvalue weighted by Gasteiger charge is -2.36. The van der Waals surface area contributed by atoms with Crippen LogP contribution in [-0.2, 0) is 9.59 Å². The van der Waals surface area contributed by atoms with Crippen molar-refractivity contribution in [2.24, 2.45) is 5.92 Å². The van der Waals surface area contributed by atoms with Crippen LogP contribution in [0, 0.1) is 5.92 Å². The molecule has 9 nitrogen and oxygen atoms in total. The van der Waals surface area contributed by atoms with Crippen molar-refractivity contribution >= 4 is 29.1 Å². The van der Waals surface area contributed by atoms with Gasteiger partial charge < -0.3 is 24.3 Å². The topological polar surface area (TPSA) is 82.1 Å². The molecule has 0 radical (unpaired) electrons. The minimum Gasteiger partial charge on any atom is -0.497 e. The monoisotopic (exact) mass is 450 g/mol. The molecule has 5 rings (SSSR count). The number of carbonyl (C=O) groups is 2. The van der Waals surface area contributed by atoms with Crippen LogP contribution in [0.2, 0.25) is 0 Å². The van der Waals surface area contributed by atoms with Crippen LogP contribution in [0.15, 0.2) is 36.4 Å². The fourth-order valence-electron chi connectivity index (χ4n) is 4.92. The Bertz CT molecular complexity index is 1000. The summed E-state index contributed by atoms with van der Waals surface area (Å²) in [6.45, 7) is 5.18. The summed E-state index contributed by atoms with van der Waals surface area (Å²) < 4.78 is 5.27. The molecule has 174 valence electrons. The molecule has 0 bridgehead atoms. The molecule has 4 heterocycles. The van der Waals surface area contributed by atoms with E-state index >= 15 is 0 Å². The Morgan fingerprint density at radius 2 is 1.61 bits per heavy atom. The molecule has 2 amide bonds.